The molecule has 226 valence electrons. The van der Waals surface area contributed by atoms with E-state index in [4.69, 9.17) is 11.5 Å². The maximum absolute atomic E-state index is 12.9. The van der Waals surface area contributed by atoms with Crippen molar-refractivity contribution in [2.24, 2.45) is 11.5 Å². The van der Waals surface area contributed by atoms with Gasteiger partial charge in [-0.25, -0.2) is 9.59 Å². The van der Waals surface area contributed by atoms with Gasteiger partial charge >= 0.3 is 11.7 Å². The van der Waals surface area contributed by atoms with Gasteiger partial charge in [-0.2, -0.15) is 4.98 Å². The van der Waals surface area contributed by atoms with Crippen molar-refractivity contribution in [2.45, 2.75) is 83.6 Å². The summed E-state index contributed by atoms with van der Waals surface area (Å²) in [6.07, 6.45) is 6.05. The summed E-state index contributed by atoms with van der Waals surface area (Å²) in [4.78, 5) is 48.2. The second-order valence-electron chi connectivity index (χ2n) is 11.7. The van der Waals surface area contributed by atoms with Crippen LogP contribution in [0.4, 0.5) is 10.6 Å². The van der Waals surface area contributed by atoms with E-state index in [1.165, 1.54) is 10.1 Å². The van der Waals surface area contributed by atoms with E-state index in [0.29, 0.717) is 37.4 Å². The normalized spacial score (nSPS) is 21.4. The third-order valence-corrected chi connectivity index (χ3v) is 8.03. The van der Waals surface area contributed by atoms with Crippen molar-refractivity contribution in [2.75, 3.05) is 31.5 Å². The lowest BCUT2D eigenvalue weighted by Crippen LogP contribution is -2.61. The number of carbonyl (C=O) groups excluding carboxylic acids is 2. The number of halogens is 1. The van der Waals surface area contributed by atoms with Crippen LogP contribution in [-0.2, 0) is 11.3 Å². The molecule has 1 aromatic heterocycles. The zero-order valence-electron chi connectivity index (χ0n) is 24.6. The lowest BCUT2D eigenvalue weighted by molar-refractivity contribution is -0.139. The predicted molar refractivity (Wildman–Crippen MR) is 163 cm³/mol. The third-order valence-electron chi connectivity index (χ3n) is 8.03. The zero-order chi connectivity index (χ0) is 29.0. The lowest BCUT2D eigenvalue weighted by atomic mass is 9.90. The van der Waals surface area contributed by atoms with Crippen LogP contribution in [0.15, 0.2) is 41.3 Å². The minimum Gasteiger partial charge on any atom is -0.335 e. The van der Waals surface area contributed by atoms with E-state index in [9.17, 15) is 14.4 Å². The first-order chi connectivity index (χ1) is 19.0. The van der Waals surface area contributed by atoms with Gasteiger partial charge in [0, 0.05) is 50.5 Å². The van der Waals surface area contributed by atoms with E-state index in [0.717, 1.165) is 38.8 Å². The molecule has 11 nitrogen and oxygen atoms in total. The molecule has 1 aliphatic carbocycles. The van der Waals surface area contributed by atoms with Crippen LogP contribution in [-0.4, -0.2) is 86.0 Å². The molecule has 1 aromatic carbocycles. The molecule has 3 amide bonds. The van der Waals surface area contributed by atoms with Crippen LogP contribution in [0.2, 0.25) is 0 Å². The summed E-state index contributed by atoms with van der Waals surface area (Å²) in [5.74, 6) is 0.0402. The average molecular weight is 589 g/mol. The van der Waals surface area contributed by atoms with Gasteiger partial charge in [0.05, 0.1) is 11.2 Å². The molecule has 1 saturated heterocycles. The number of hydrogen-bond acceptors (Lipinski definition) is 7. The number of hydrogen-bond donors (Lipinski definition) is 3. The maximum Gasteiger partial charge on any atom is 0.354 e. The first-order valence-electron chi connectivity index (χ1n) is 14.3. The molecule has 2 heterocycles. The molecule has 1 atom stereocenters. The van der Waals surface area contributed by atoms with Crippen molar-refractivity contribution < 1.29 is 9.59 Å². The van der Waals surface area contributed by atoms with E-state index in [2.05, 4.69) is 22.1 Å². The van der Waals surface area contributed by atoms with Crippen LogP contribution in [0.3, 0.4) is 0 Å². The summed E-state index contributed by atoms with van der Waals surface area (Å²) in [6.45, 7) is 10.4. The van der Waals surface area contributed by atoms with Gasteiger partial charge in [-0.1, -0.05) is 19.1 Å². The monoisotopic (exact) mass is 588 g/mol. The number of rotatable bonds is 7. The molecule has 41 heavy (non-hydrogen) atoms. The van der Waals surface area contributed by atoms with E-state index < -0.39 is 11.2 Å². The first-order valence-corrected chi connectivity index (χ1v) is 14.3. The summed E-state index contributed by atoms with van der Waals surface area (Å²) in [5, 5.41) is 2.72. The Hall–Kier alpha value is -2.99. The zero-order valence-corrected chi connectivity index (χ0v) is 25.4. The molecule has 1 unspecified atom stereocenters. The van der Waals surface area contributed by atoms with Crippen LogP contribution in [0.5, 0.6) is 0 Å². The van der Waals surface area contributed by atoms with Crippen LogP contribution in [0.25, 0.3) is 5.69 Å². The first kappa shape index (κ1) is 32.5. The Morgan fingerprint density at radius 1 is 1.10 bits per heavy atom. The fourth-order valence-electron chi connectivity index (χ4n) is 5.63. The summed E-state index contributed by atoms with van der Waals surface area (Å²) < 4.78 is 1.46. The molecule has 0 spiro atoms. The van der Waals surface area contributed by atoms with Gasteiger partial charge in [0.15, 0.2) is 0 Å². The van der Waals surface area contributed by atoms with Crippen molar-refractivity contribution in [1.29, 1.82) is 0 Å². The second-order valence-corrected chi connectivity index (χ2v) is 11.7. The summed E-state index contributed by atoms with van der Waals surface area (Å²) in [6, 6.07) is 9.91. The van der Waals surface area contributed by atoms with Gasteiger partial charge in [-0.15, -0.1) is 12.4 Å². The molecule has 1 aliphatic heterocycles. The number of nitrogens with one attached hydrogen (secondary N) is 1. The molecule has 2 aromatic rings. The molecule has 0 radical (unpaired) electrons. The topological polar surface area (TPSA) is 143 Å². The third kappa shape index (κ3) is 8.06. The van der Waals surface area contributed by atoms with Crippen LogP contribution in [0, 0.1) is 0 Å². The largest absolute Gasteiger partial charge is 0.354 e. The Morgan fingerprint density at radius 3 is 2.32 bits per heavy atom. The van der Waals surface area contributed by atoms with Gasteiger partial charge in [0.25, 0.3) is 0 Å². The van der Waals surface area contributed by atoms with Gasteiger partial charge in [-0.05, 0) is 76.8 Å². The highest BCUT2D eigenvalue weighted by atomic mass is 35.5. The molecular formula is C29H45ClN8O3. The van der Waals surface area contributed by atoms with Crippen molar-refractivity contribution >= 4 is 30.2 Å². The highest BCUT2D eigenvalue weighted by molar-refractivity contribution is 5.89. The standard InChI is InChI=1S/C29H44N8O3.ClH/c1-5-34(23-12-8-22(30)9-13-23)19-21-6-10-24(11-7-21)37-15-14-25(33-28(37)40)32-27(39)35-16-17-36(20(2)18-35)26(38)29(3,4)31;/h6-7,10-11,14-15,20,22-23H,5,8-9,12-13,16-19,30-31H2,1-4H3,(H,32,33,39,40);1H. The molecule has 1 saturated carbocycles. The number of anilines is 1. The van der Waals surface area contributed by atoms with Gasteiger partial charge in [0.1, 0.15) is 5.82 Å². The molecule has 0 bridgehead atoms. The van der Waals surface area contributed by atoms with E-state index in [-0.39, 0.29) is 36.2 Å². The number of nitrogens with two attached hydrogens (primary N) is 2. The highest BCUT2D eigenvalue weighted by Crippen LogP contribution is 2.24. The number of carbonyl (C=O) groups is 2. The number of amides is 3. The fourth-order valence-corrected chi connectivity index (χ4v) is 5.63. The molecular weight excluding hydrogens is 544 g/mol. The number of nitrogens with zero attached hydrogens (tertiary/aromatic N) is 5. The Kier molecular flexibility index (Phi) is 10.9. The lowest BCUT2D eigenvalue weighted by Gasteiger charge is -2.42. The summed E-state index contributed by atoms with van der Waals surface area (Å²) >= 11 is 0. The van der Waals surface area contributed by atoms with Crippen LogP contribution in [0.1, 0.15) is 58.9 Å². The highest BCUT2D eigenvalue weighted by Gasteiger charge is 2.35. The van der Waals surface area contributed by atoms with Crippen molar-refractivity contribution in [1.82, 2.24) is 24.3 Å². The Morgan fingerprint density at radius 2 is 1.76 bits per heavy atom. The smallest absolute Gasteiger partial charge is 0.335 e. The van der Waals surface area contributed by atoms with E-state index >= 15 is 0 Å². The van der Waals surface area contributed by atoms with Gasteiger partial charge < -0.3 is 21.3 Å². The Bertz CT molecular complexity index is 1240. The van der Waals surface area contributed by atoms with Crippen LogP contribution < -0.4 is 22.5 Å². The number of benzene rings is 1. The molecule has 5 N–H and O–H groups in total. The molecule has 12 heteroatoms. The van der Waals surface area contributed by atoms with E-state index in [1.807, 2.05) is 31.2 Å². The van der Waals surface area contributed by atoms with Crippen molar-refractivity contribution in [3.63, 3.8) is 0 Å². The second kappa shape index (κ2) is 13.8. The number of piperazine rings is 1. The quantitative estimate of drug-likeness (QED) is 0.451. The van der Waals surface area contributed by atoms with E-state index in [1.54, 1.807) is 35.9 Å². The maximum atomic E-state index is 12.9. The average Bonchev–Trinajstić information content (AvgIpc) is 2.92. The molecule has 4 rings (SSSR count). The van der Waals surface area contributed by atoms with Gasteiger partial charge in [-0.3, -0.25) is 19.6 Å². The van der Waals surface area contributed by atoms with Crippen LogP contribution >= 0.6 is 12.4 Å². The minimum atomic E-state index is -0.966. The Balaban J connectivity index is 0.00000462. The Labute approximate surface area is 248 Å². The van der Waals surface area contributed by atoms with Crippen molar-refractivity contribution in [3.05, 3.63) is 52.6 Å². The number of aromatic nitrogens is 2. The summed E-state index contributed by atoms with van der Waals surface area (Å²) in [7, 11) is 0. The number of urea groups is 1. The molecule has 2 aliphatic rings. The predicted octanol–water partition coefficient (Wildman–Crippen LogP) is 2.55. The van der Waals surface area contributed by atoms with Gasteiger partial charge in [0.2, 0.25) is 5.91 Å². The minimum absolute atomic E-state index is 0. The fraction of sp³-hybridized carbons (Fsp3) is 0.586. The summed E-state index contributed by atoms with van der Waals surface area (Å²) in [5.41, 5.74) is 12.5. The molecule has 2 fully saturated rings. The van der Waals surface area contributed by atoms with Crippen molar-refractivity contribution in [3.8, 4) is 5.69 Å². The SMILES string of the molecule is CCN(Cc1ccc(-n2ccc(NC(=O)N3CCN(C(=O)C(C)(C)N)C(C)C3)nc2=O)cc1)C1CCC(N)CC1.Cl.